The molecule has 0 spiro atoms. The van der Waals surface area contributed by atoms with E-state index in [1.165, 1.54) is 25.0 Å². The lowest BCUT2D eigenvalue weighted by molar-refractivity contribution is 0.622. The molecule has 1 saturated carbocycles. The summed E-state index contributed by atoms with van der Waals surface area (Å²) in [5, 5.41) is 6.33. The predicted octanol–water partition coefficient (Wildman–Crippen LogP) is 3.85. The molecule has 0 amide bonds. The fourth-order valence-electron chi connectivity index (χ4n) is 2.00. The van der Waals surface area contributed by atoms with E-state index in [9.17, 15) is 4.39 Å². The standard InChI is InChI=1S/C13H13FN2S/c14-11-5-3-10(4-6-11)12(9-1-2-9)16-13-15-7-8-17-13/h3-9,12H,1-2H2,(H,15,16). The lowest BCUT2D eigenvalue weighted by Crippen LogP contribution is -2.12. The molecule has 2 nitrogen and oxygen atoms in total. The van der Waals surface area contributed by atoms with Crippen molar-refractivity contribution >= 4 is 16.5 Å². The topological polar surface area (TPSA) is 24.9 Å². The molecule has 1 aliphatic rings. The lowest BCUT2D eigenvalue weighted by atomic mass is 10.0. The SMILES string of the molecule is Fc1ccc(C(Nc2nccs2)C2CC2)cc1. The number of anilines is 1. The second kappa shape index (κ2) is 4.45. The second-order valence-electron chi connectivity index (χ2n) is 4.35. The number of benzene rings is 1. The van der Waals surface area contributed by atoms with Gasteiger partial charge in [0.25, 0.3) is 0 Å². The molecule has 4 heteroatoms. The molecule has 88 valence electrons. The molecule has 1 aliphatic carbocycles. The van der Waals surface area contributed by atoms with E-state index in [0.29, 0.717) is 5.92 Å². The molecule has 2 aromatic rings. The van der Waals surface area contributed by atoms with Gasteiger partial charge in [-0.3, -0.25) is 0 Å². The molecular weight excluding hydrogens is 235 g/mol. The summed E-state index contributed by atoms with van der Waals surface area (Å²) < 4.78 is 12.9. The third kappa shape index (κ3) is 2.47. The minimum absolute atomic E-state index is 0.183. The Morgan fingerprint density at radius 2 is 2.06 bits per heavy atom. The van der Waals surface area contributed by atoms with E-state index in [1.54, 1.807) is 17.5 Å². The van der Waals surface area contributed by atoms with Gasteiger partial charge in [-0.1, -0.05) is 12.1 Å². The molecule has 0 radical (unpaired) electrons. The zero-order chi connectivity index (χ0) is 11.7. The van der Waals surface area contributed by atoms with Gasteiger partial charge < -0.3 is 5.32 Å². The van der Waals surface area contributed by atoms with Crippen LogP contribution in [0.1, 0.15) is 24.4 Å². The van der Waals surface area contributed by atoms with Crippen molar-refractivity contribution in [1.29, 1.82) is 0 Å². The molecular formula is C13H13FN2S. The van der Waals surface area contributed by atoms with Crippen molar-refractivity contribution in [2.75, 3.05) is 5.32 Å². The van der Waals surface area contributed by atoms with Gasteiger partial charge in [0, 0.05) is 11.6 Å². The summed E-state index contributed by atoms with van der Waals surface area (Å²) in [6.07, 6.45) is 4.27. The fraction of sp³-hybridized carbons (Fsp3) is 0.308. The van der Waals surface area contributed by atoms with Crippen molar-refractivity contribution in [2.45, 2.75) is 18.9 Å². The zero-order valence-electron chi connectivity index (χ0n) is 9.27. The Hall–Kier alpha value is -1.42. The summed E-state index contributed by atoms with van der Waals surface area (Å²) in [4.78, 5) is 4.24. The van der Waals surface area contributed by atoms with Crippen LogP contribution in [0.2, 0.25) is 0 Å². The highest BCUT2D eigenvalue weighted by molar-refractivity contribution is 7.13. The van der Waals surface area contributed by atoms with Crippen LogP contribution in [0.3, 0.4) is 0 Å². The molecule has 1 atom stereocenters. The van der Waals surface area contributed by atoms with E-state index < -0.39 is 0 Å². The number of nitrogens with one attached hydrogen (secondary N) is 1. The highest BCUT2D eigenvalue weighted by Crippen LogP contribution is 2.43. The quantitative estimate of drug-likeness (QED) is 0.889. The molecule has 1 fully saturated rings. The average Bonchev–Trinajstić information content (AvgIpc) is 3.05. The van der Waals surface area contributed by atoms with Crippen LogP contribution >= 0.6 is 11.3 Å². The van der Waals surface area contributed by atoms with E-state index in [1.807, 2.05) is 17.5 Å². The molecule has 0 aliphatic heterocycles. The highest BCUT2D eigenvalue weighted by Gasteiger charge is 2.32. The normalized spacial score (nSPS) is 16.8. The maximum absolute atomic E-state index is 12.9. The smallest absolute Gasteiger partial charge is 0.183 e. The summed E-state index contributed by atoms with van der Waals surface area (Å²) in [7, 11) is 0. The Bertz CT molecular complexity index is 477. The van der Waals surface area contributed by atoms with Crippen molar-refractivity contribution < 1.29 is 4.39 Å². The molecule has 1 aromatic heterocycles. The number of thiazole rings is 1. The summed E-state index contributed by atoms with van der Waals surface area (Å²) in [6, 6.07) is 7.03. The first kappa shape index (κ1) is 10.7. The van der Waals surface area contributed by atoms with Gasteiger partial charge in [-0.15, -0.1) is 11.3 Å². The summed E-state index contributed by atoms with van der Waals surface area (Å²) in [5.41, 5.74) is 1.14. The summed E-state index contributed by atoms with van der Waals surface area (Å²) in [5.74, 6) is 0.474. The maximum Gasteiger partial charge on any atom is 0.183 e. The number of hydrogen-bond acceptors (Lipinski definition) is 3. The van der Waals surface area contributed by atoms with Crippen LogP contribution < -0.4 is 5.32 Å². The first-order valence-electron chi connectivity index (χ1n) is 5.74. The molecule has 1 heterocycles. The maximum atomic E-state index is 12.9. The van der Waals surface area contributed by atoms with Crippen LogP contribution in [-0.2, 0) is 0 Å². The van der Waals surface area contributed by atoms with Gasteiger partial charge in [0.15, 0.2) is 5.13 Å². The van der Waals surface area contributed by atoms with Crippen molar-refractivity contribution in [1.82, 2.24) is 4.98 Å². The molecule has 0 bridgehead atoms. The van der Waals surface area contributed by atoms with Crippen LogP contribution in [0.25, 0.3) is 0 Å². The molecule has 3 rings (SSSR count). The van der Waals surface area contributed by atoms with Gasteiger partial charge in [-0.25, -0.2) is 9.37 Å². The fourth-order valence-corrected chi connectivity index (χ4v) is 2.57. The molecule has 1 N–H and O–H groups in total. The van der Waals surface area contributed by atoms with E-state index in [2.05, 4.69) is 10.3 Å². The Morgan fingerprint density at radius 3 is 2.65 bits per heavy atom. The number of halogens is 1. The van der Waals surface area contributed by atoms with E-state index in [0.717, 1.165) is 10.7 Å². The van der Waals surface area contributed by atoms with Gasteiger partial charge in [0.1, 0.15) is 5.82 Å². The minimum Gasteiger partial charge on any atom is -0.354 e. The first-order valence-corrected chi connectivity index (χ1v) is 6.62. The number of aromatic nitrogens is 1. The Labute approximate surface area is 104 Å². The number of hydrogen-bond donors (Lipinski definition) is 1. The summed E-state index contributed by atoms with van der Waals surface area (Å²) >= 11 is 1.60. The largest absolute Gasteiger partial charge is 0.354 e. The van der Waals surface area contributed by atoms with Crippen LogP contribution in [0.4, 0.5) is 9.52 Å². The monoisotopic (exact) mass is 248 g/mol. The van der Waals surface area contributed by atoms with Gasteiger partial charge in [0.05, 0.1) is 6.04 Å². The van der Waals surface area contributed by atoms with E-state index >= 15 is 0 Å². The van der Waals surface area contributed by atoms with E-state index in [4.69, 9.17) is 0 Å². The second-order valence-corrected chi connectivity index (χ2v) is 5.24. The van der Waals surface area contributed by atoms with Crippen molar-refractivity contribution in [3.8, 4) is 0 Å². The average molecular weight is 248 g/mol. The molecule has 17 heavy (non-hydrogen) atoms. The van der Waals surface area contributed by atoms with Crippen molar-refractivity contribution in [3.63, 3.8) is 0 Å². The Kier molecular flexibility index (Phi) is 2.81. The van der Waals surface area contributed by atoms with Crippen LogP contribution in [0, 0.1) is 11.7 Å². The van der Waals surface area contributed by atoms with E-state index in [-0.39, 0.29) is 11.9 Å². The van der Waals surface area contributed by atoms with Gasteiger partial charge in [-0.05, 0) is 36.5 Å². The third-order valence-electron chi connectivity index (χ3n) is 3.03. The summed E-state index contributed by atoms with van der Waals surface area (Å²) in [6.45, 7) is 0. The van der Waals surface area contributed by atoms with Crippen molar-refractivity contribution in [2.24, 2.45) is 5.92 Å². The number of nitrogens with zero attached hydrogens (tertiary/aromatic N) is 1. The molecule has 1 unspecified atom stereocenters. The highest BCUT2D eigenvalue weighted by atomic mass is 32.1. The Morgan fingerprint density at radius 1 is 1.29 bits per heavy atom. The van der Waals surface area contributed by atoms with Crippen molar-refractivity contribution in [3.05, 3.63) is 47.2 Å². The zero-order valence-corrected chi connectivity index (χ0v) is 10.1. The van der Waals surface area contributed by atoms with Gasteiger partial charge in [0.2, 0.25) is 0 Å². The van der Waals surface area contributed by atoms with Gasteiger partial charge in [-0.2, -0.15) is 0 Å². The van der Waals surface area contributed by atoms with Gasteiger partial charge >= 0.3 is 0 Å². The Balaban J connectivity index is 1.82. The van der Waals surface area contributed by atoms with Crippen LogP contribution in [0.5, 0.6) is 0 Å². The predicted molar refractivity (Wildman–Crippen MR) is 67.6 cm³/mol. The third-order valence-corrected chi connectivity index (χ3v) is 3.74. The minimum atomic E-state index is -0.183. The molecule has 0 saturated heterocycles. The first-order chi connectivity index (χ1) is 8.33. The number of rotatable bonds is 4. The lowest BCUT2D eigenvalue weighted by Gasteiger charge is -2.18. The molecule has 1 aromatic carbocycles. The van der Waals surface area contributed by atoms with Crippen LogP contribution in [-0.4, -0.2) is 4.98 Å². The van der Waals surface area contributed by atoms with Crippen LogP contribution in [0.15, 0.2) is 35.8 Å².